The fraction of sp³-hybridized carbons (Fsp3) is 0.118. The van der Waals surface area contributed by atoms with Gasteiger partial charge in [0.05, 0.1) is 10.7 Å². The van der Waals surface area contributed by atoms with Gasteiger partial charge >= 0.3 is 0 Å². The van der Waals surface area contributed by atoms with E-state index in [4.69, 9.17) is 0 Å². The minimum Gasteiger partial charge on any atom is -0.325 e. The average Bonchev–Trinajstić information content (AvgIpc) is 3.02. The van der Waals surface area contributed by atoms with Crippen LogP contribution in [0.2, 0.25) is 0 Å². The van der Waals surface area contributed by atoms with Gasteiger partial charge in [-0.25, -0.2) is 0 Å². The summed E-state index contributed by atoms with van der Waals surface area (Å²) in [5.41, 5.74) is 1.40. The molecule has 8 nitrogen and oxygen atoms in total. The summed E-state index contributed by atoms with van der Waals surface area (Å²) in [4.78, 5) is 22.3. The minimum atomic E-state index is -0.486. The Morgan fingerprint density at radius 2 is 1.85 bits per heavy atom. The maximum atomic E-state index is 12.1. The molecule has 26 heavy (non-hydrogen) atoms. The maximum Gasteiger partial charge on any atom is 0.269 e. The van der Waals surface area contributed by atoms with Gasteiger partial charge in [-0.1, -0.05) is 30.0 Å². The van der Waals surface area contributed by atoms with Crippen LogP contribution in [0.15, 0.2) is 59.8 Å². The van der Waals surface area contributed by atoms with Crippen LogP contribution in [0.1, 0.15) is 5.82 Å². The molecule has 1 amide bonds. The molecule has 0 fully saturated rings. The number of benzene rings is 2. The van der Waals surface area contributed by atoms with Gasteiger partial charge in [-0.3, -0.25) is 19.5 Å². The van der Waals surface area contributed by atoms with Gasteiger partial charge in [0.2, 0.25) is 5.91 Å². The zero-order chi connectivity index (χ0) is 18.5. The van der Waals surface area contributed by atoms with Gasteiger partial charge < -0.3 is 5.32 Å². The number of aromatic nitrogens is 3. The number of rotatable bonds is 6. The van der Waals surface area contributed by atoms with Crippen molar-refractivity contribution in [3.05, 3.63) is 70.5 Å². The zero-order valence-electron chi connectivity index (χ0n) is 13.8. The van der Waals surface area contributed by atoms with E-state index in [9.17, 15) is 14.9 Å². The van der Waals surface area contributed by atoms with Crippen molar-refractivity contribution in [2.45, 2.75) is 12.1 Å². The average molecular weight is 369 g/mol. The second-order valence-corrected chi connectivity index (χ2v) is 6.28. The van der Waals surface area contributed by atoms with Crippen LogP contribution in [0.25, 0.3) is 5.69 Å². The van der Waals surface area contributed by atoms with E-state index >= 15 is 0 Å². The number of nitro benzene ring substituents is 1. The number of carbonyl (C=O) groups excluding carboxylic acids is 1. The monoisotopic (exact) mass is 369 g/mol. The number of aryl methyl sites for hydroxylation is 1. The summed E-state index contributed by atoms with van der Waals surface area (Å²) < 4.78 is 1.88. The smallest absolute Gasteiger partial charge is 0.269 e. The normalized spacial score (nSPS) is 10.5. The first kappa shape index (κ1) is 17.6. The SMILES string of the molecule is Cc1nnc(SCC(=O)Nc2ccc([N+](=O)[O-])cc2)n1-c1ccccc1. The first-order valence-electron chi connectivity index (χ1n) is 7.69. The summed E-state index contributed by atoms with van der Waals surface area (Å²) in [6.45, 7) is 1.85. The van der Waals surface area contributed by atoms with Crippen molar-refractivity contribution < 1.29 is 9.72 Å². The van der Waals surface area contributed by atoms with Crippen molar-refractivity contribution in [1.82, 2.24) is 14.8 Å². The Morgan fingerprint density at radius 3 is 2.50 bits per heavy atom. The number of non-ortho nitro benzene ring substituents is 1. The largest absolute Gasteiger partial charge is 0.325 e. The van der Waals surface area contributed by atoms with E-state index in [2.05, 4.69) is 15.5 Å². The van der Waals surface area contributed by atoms with Gasteiger partial charge in [0.25, 0.3) is 5.69 Å². The Morgan fingerprint density at radius 1 is 1.15 bits per heavy atom. The summed E-state index contributed by atoms with van der Waals surface area (Å²) in [6.07, 6.45) is 0. The van der Waals surface area contributed by atoms with Gasteiger partial charge in [0.1, 0.15) is 5.82 Å². The lowest BCUT2D eigenvalue weighted by Gasteiger charge is -2.08. The van der Waals surface area contributed by atoms with E-state index in [0.717, 1.165) is 11.5 Å². The number of thioether (sulfide) groups is 1. The summed E-state index contributed by atoms with van der Waals surface area (Å²) in [5, 5.41) is 22.2. The third kappa shape index (κ3) is 4.06. The highest BCUT2D eigenvalue weighted by molar-refractivity contribution is 7.99. The predicted molar refractivity (Wildman–Crippen MR) is 98.5 cm³/mol. The van der Waals surface area contributed by atoms with Crippen LogP contribution < -0.4 is 5.32 Å². The van der Waals surface area contributed by atoms with Crippen molar-refractivity contribution in [1.29, 1.82) is 0 Å². The molecule has 1 N–H and O–H groups in total. The van der Waals surface area contributed by atoms with Crippen LogP contribution in [0.4, 0.5) is 11.4 Å². The van der Waals surface area contributed by atoms with Crippen molar-refractivity contribution in [3.8, 4) is 5.69 Å². The molecule has 1 heterocycles. The Kier molecular flexibility index (Phi) is 5.28. The Labute approximate surface area is 153 Å². The molecule has 132 valence electrons. The molecule has 0 saturated carbocycles. The molecule has 0 bridgehead atoms. The van der Waals surface area contributed by atoms with Crippen LogP contribution >= 0.6 is 11.8 Å². The van der Waals surface area contributed by atoms with Gasteiger partial charge in [0, 0.05) is 23.5 Å². The van der Waals surface area contributed by atoms with Crippen molar-refractivity contribution in [2.75, 3.05) is 11.1 Å². The van der Waals surface area contributed by atoms with Crippen LogP contribution in [0.5, 0.6) is 0 Å². The first-order chi connectivity index (χ1) is 12.5. The summed E-state index contributed by atoms with van der Waals surface area (Å²) in [5.74, 6) is 0.640. The molecule has 0 atom stereocenters. The van der Waals surface area contributed by atoms with Crippen LogP contribution in [-0.2, 0) is 4.79 Å². The molecule has 0 aliphatic rings. The molecule has 1 aromatic heterocycles. The number of para-hydroxylation sites is 1. The molecule has 0 aliphatic heterocycles. The van der Waals surface area contributed by atoms with Gasteiger partial charge in [0.15, 0.2) is 5.16 Å². The minimum absolute atomic E-state index is 0.0242. The lowest BCUT2D eigenvalue weighted by molar-refractivity contribution is -0.384. The molecule has 0 radical (unpaired) electrons. The maximum absolute atomic E-state index is 12.1. The molecule has 0 saturated heterocycles. The van der Waals surface area contributed by atoms with Crippen LogP contribution in [0.3, 0.4) is 0 Å². The van der Waals surface area contributed by atoms with E-state index in [1.807, 2.05) is 41.8 Å². The Hall–Kier alpha value is -3.20. The highest BCUT2D eigenvalue weighted by atomic mass is 32.2. The topological polar surface area (TPSA) is 103 Å². The molecule has 9 heteroatoms. The Balaban J connectivity index is 1.64. The number of nitro groups is 1. The second-order valence-electron chi connectivity index (χ2n) is 5.34. The molecule has 0 aliphatic carbocycles. The van der Waals surface area contributed by atoms with E-state index in [1.165, 1.54) is 36.0 Å². The number of hydrogen-bond donors (Lipinski definition) is 1. The van der Waals surface area contributed by atoms with E-state index in [0.29, 0.717) is 10.8 Å². The van der Waals surface area contributed by atoms with Crippen molar-refractivity contribution in [3.63, 3.8) is 0 Å². The fourth-order valence-corrected chi connectivity index (χ4v) is 3.10. The first-order valence-corrected chi connectivity index (χ1v) is 8.67. The van der Waals surface area contributed by atoms with Gasteiger partial charge in [-0.05, 0) is 31.2 Å². The number of nitrogens with zero attached hydrogens (tertiary/aromatic N) is 4. The van der Waals surface area contributed by atoms with Crippen LogP contribution in [-0.4, -0.2) is 31.3 Å². The summed E-state index contributed by atoms with van der Waals surface area (Å²) in [7, 11) is 0. The molecule has 2 aromatic carbocycles. The molecule has 0 spiro atoms. The quantitative estimate of drug-likeness (QED) is 0.406. The third-order valence-electron chi connectivity index (χ3n) is 3.50. The highest BCUT2D eigenvalue weighted by Crippen LogP contribution is 2.22. The van der Waals surface area contributed by atoms with Gasteiger partial charge in [-0.2, -0.15) is 0 Å². The standard InChI is InChI=1S/C17H15N5O3S/c1-12-19-20-17(21(12)14-5-3-2-4-6-14)26-11-16(23)18-13-7-9-15(10-8-13)22(24)25/h2-10H,11H2,1H3,(H,18,23). The lowest BCUT2D eigenvalue weighted by Crippen LogP contribution is -2.14. The second kappa shape index (κ2) is 7.79. The molecular weight excluding hydrogens is 354 g/mol. The van der Waals surface area contributed by atoms with E-state index in [1.54, 1.807) is 0 Å². The predicted octanol–water partition coefficient (Wildman–Crippen LogP) is 3.21. The van der Waals surface area contributed by atoms with Crippen molar-refractivity contribution in [2.24, 2.45) is 0 Å². The molecule has 3 aromatic rings. The summed E-state index contributed by atoms with van der Waals surface area (Å²) >= 11 is 1.27. The van der Waals surface area contributed by atoms with Crippen molar-refractivity contribution >= 4 is 29.0 Å². The van der Waals surface area contributed by atoms with E-state index in [-0.39, 0.29) is 17.3 Å². The lowest BCUT2D eigenvalue weighted by atomic mass is 10.3. The number of nitrogens with one attached hydrogen (secondary N) is 1. The molecule has 0 unspecified atom stereocenters. The molecule has 3 rings (SSSR count). The fourth-order valence-electron chi connectivity index (χ4n) is 2.30. The summed E-state index contributed by atoms with van der Waals surface area (Å²) in [6, 6.07) is 15.3. The highest BCUT2D eigenvalue weighted by Gasteiger charge is 2.13. The third-order valence-corrected chi connectivity index (χ3v) is 4.43. The van der Waals surface area contributed by atoms with E-state index < -0.39 is 4.92 Å². The number of carbonyl (C=O) groups is 1. The molecular formula is C17H15N5O3S. The number of hydrogen-bond acceptors (Lipinski definition) is 6. The number of amides is 1. The van der Waals surface area contributed by atoms with Gasteiger partial charge in [-0.15, -0.1) is 10.2 Å². The zero-order valence-corrected chi connectivity index (χ0v) is 14.6. The Bertz CT molecular complexity index is 925. The number of anilines is 1. The van der Waals surface area contributed by atoms with Crippen LogP contribution in [0, 0.1) is 17.0 Å².